The number of fused-ring (bicyclic) bond motifs is 3. The Morgan fingerprint density at radius 3 is 2.93 bits per heavy atom. The van der Waals surface area contributed by atoms with Crippen molar-refractivity contribution in [1.29, 1.82) is 0 Å². The van der Waals surface area contributed by atoms with Crippen LogP contribution in [-0.2, 0) is 0 Å². The van der Waals surface area contributed by atoms with Crippen LogP contribution in [0.3, 0.4) is 0 Å². The number of hydrogen-bond acceptors (Lipinski definition) is 1. The average molecular weight is 195 g/mol. The molecule has 0 bridgehead atoms. The SMILES string of the molecule is CCC1=CCC=C2C1=Nc1ccccc12. The zero-order valence-corrected chi connectivity index (χ0v) is 8.83. The molecule has 1 aromatic rings. The Morgan fingerprint density at radius 2 is 2.07 bits per heavy atom. The van der Waals surface area contributed by atoms with Crippen molar-refractivity contribution in [2.45, 2.75) is 19.8 Å². The monoisotopic (exact) mass is 195 g/mol. The lowest BCUT2D eigenvalue weighted by Crippen LogP contribution is -2.04. The summed E-state index contributed by atoms with van der Waals surface area (Å²) in [6.45, 7) is 2.19. The van der Waals surface area contributed by atoms with Gasteiger partial charge < -0.3 is 0 Å². The smallest absolute Gasteiger partial charge is 0.0741 e. The molecule has 0 saturated heterocycles. The number of rotatable bonds is 1. The number of hydrogen-bond donors (Lipinski definition) is 0. The summed E-state index contributed by atoms with van der Waals surface area (Å²) < 4.78 is 0. The van der Waals surface area contributed by atoms with Gasteiger partial charge in [0, 0.05) is 11.1 Å². The van der Waals surface area contributed by atoms with Gasteiger partial charge in [0.15, 0.2) is 0 Å². The van der Waals surface area contributed by atoms with E-state index in [1.54, 1.807) is 0 Å². The first kappa shape index (κ1) is 8.66. The topological polar surface area (TPSA) is 12.4 Å². The summed E-state index contributed by atoms with van der Waals surface area (Å²) in [4.78, 5) is 4.71. The summed E-state index contributed by atoms with van der Waals surface area (Å²) in [5, 5.41) is 0. The number of para-hydroxylation sites is 1. The number of aliphatic imine (C=N–C) groups is 1. The highest BCUT2D eigenvalue weighted by atomic mass is 14.8. The van der Waals surface area contributed by atoms with Crippen molar-refractivity contribution < 1.29 is 0 Å². The molecule has 0 amide bonds. The van der Waals surface area contributed by atoms with Crippen molar-refractivity contribution in [3.8, 4) is 0 Å². The molecule has 0 atom stereocenters. The Balaban J connectivity index is 2.17. The second kappa shape index (κ2) is 3.20. The van der Waals surface area contributed by atoms with Crippen molar-refractivity contribution in [1.82, 2.24) is 0 Å². The van der Waals surface area contributed by atoms with Gasteiger partial charge in [-0.25, -0.2) is 4.99 Å². The Hall–Kier alpha value is -1.63. The average Bonchev–Trinajstić information content (AvgIpc) is 2.67. The molecule has 1 aromatic carbocycles. The summed E-state index contributed by atoms with van der Waals surface area (Å²) >= 11 is 0. The third-order valence-electron chi connectivity index (χ3n) is 3.05. The maximum absolute atomic E-state index is 4.71. The molecule has 3 rings (SSSR count). The Labute approximate surface area is 89.9 Å². The van der Waals surface area contributed by atoms with Crippen LogP contribution in [0.25, 0.3) is 5.57 Å². The molecule has 0 fully saturated rings. The van der Waals surface area contributed by atoms with Crippen molar-refractivity contribution in [2.24, 2.45) is 4.99 Å². The Bertz CT molecular complexity index is 504. The van der Waals surface area contributed by atoms with Gasteiger partial charge in [0.25, 0.3) is 0 Å². The van der Waals surface area contributed by atoms with E-state index in [1.807, 2.05) is 0 Å². The van der Waals surface area contributed by atoms with Crippen molar-refractivity contribution >= 4 is 17.0 Å². The van der Waals surface area contributed by atoms with Crippen LogP contribution < -0.4 is 0 Å². The van der Waals surface area contributed by atoms with Crippen molar-refractivity contribution in [3.63, 3.8) is 0 Å². The quantitative estimate of drug-likeness (QED) is 0.644. The number of benzene rings is 1. The second-order valence-electron chi connectivity index (χ2n) is 3.91. The molecule has 0 radical (unpaired) electrons. The van der Waals surface area contributed by atoms with Crippen molar-refractivity contribution in [2.75, 3.05) is 0 Å². The summed E-state index contributed by atoms with van der Waals surface area (Å²) in [6, 6.07) is 8.39. The van der Waals surface area contributed by atoms with Gasteiger partial charge in [0.2, 0.25) is 0 Å². The predicted molar refractivity (Wildman–Crippen MR) is 64.5 cm³/mol. The molecular formula is C14H13N. The molecule has 0 spiro atoms. The molecule has 1 aliphatic carbocycles. The van der Waals surface area contributed by atoms with Gasteiger partial charge in [0.1, 0.15) is 0 Å². The molecular weight excluding hydrogens is 182 g/mol. The molecule has 1 nitrogen and oxygen atoms in total. The molecule has 0 unspecified atom stereocenters. The summed E-state index contributed by atoms with van der Waals surface area (Å²) in [5.74, 6) is 0. The van der Waals surface area contributed by atoms with Crippen LogP contribution in [0, 0.1) is 0 Å². The van der Waals surface area contributed by atoms with E-state index in [1.165, 1.54) is 22.4 Å². The fourth-order valence-electron chi connectivity index (χ4n) is 2.29. The lowest BCUT2D eigenvalue weighted by molar-refractivity contribution is 1.14. The van der Waals surface area contributed by atoms with Crippen LogP contribution in [0.1, 0.15) is 25.3 Å². The molecule has 0 N–H and O–H groups in total. The van der Waals surface area contributed by atoms with E-state index in [2.05, 4.69) is 43.3 Å². The lowest BCUT2D eigenvalue weighted by Gasteiger charge is -2.12. The van der Waals surface area contributed by atoms with Crippen LogP contribution in [0.4, 0.5) is 5.69 Å². The van der Waals surface area contributed by atoms with E-state index in [4.69, 9.17) is 4.99 Å². The minimum absolute atomic E-state index is 1.05. The van der Waals surface area contributed by atoms with Crippen LogP contribution in [0.15, 0.2) is 47.0 Å². The Morgan fingerprint density at radius 1 is 1.20 bits per heavy atom. The normalized spacial score (nSPS) is 17.5. The van der Waals surface area contributed by atoms with E-state index < -0.39 is 0 Å². The van der Waals surface area contributed by atoms with E-state index in [9.17, 15) is 0 Å². The van der Waals surface area contributed by atoms with Crippen LogP contribution in [-0.4, -0.2) is 5.71 Å². The fourth-order valence-corrected chi connectivity index (χ4v) is 2.29. The fraction of sp³-hybridized carbons (Fsp3) is 0.214. The first-order valence-electron chi connectivity index (χ1n) is 5.48. The third kappa shape index (κ3) is 1.19. The summed E-state index contributed by atoms with van der Waals surface area (Å²) in [7, 11) is 0. The highest BCUT2D eigenvalue weighted by Crippen LogP contribution is 2.39. The zero-order valence-electron chi connectivity index (χ0n) is 8.83. The van der Waals surface area contributed by atoms with Gasteiger partial charge >= 0.3 is 0 Å². The molecule has 2 aliphatic rings. The molecule has 15 heavy (non-hydrogen) atoms. The van der Waals surface area contributed by atoms with Gasteiger partial charge in [0.05, 0.1) is 11.4 Å². The molecule has 1 heteroatoms. The molecule has 0 saturated carbocycles. The van der Waals surface area contributed by atoms with Gasteiger partial charge in [-0.05, 0) is 24.5 Å². The zero-order chi connectivity index (χ0) is 10.3. The predicted octanol–water partition coefficient (Wildman–Crippen LogP) is 3.90. The minimum Gasteiger partial charge on any atom is -0.247 e. The molecule has 74 valence electrons. The largest absolute Gasteiger partial charge is 0.247 e. The second-order valence-corrected chi connectivity index (χ2v) is 3.91. The standard InChI is InChI=1S/C14H13N/c1-2-10-6-5-8-12-11-7-3-4-9-13(11)15-14(10)12/h3-4,6-9H,2,5H2,1H3. The Kier molecular flexibility index (Phi) is 1.84. The summed E-state index contributed by atoms with van der Waals surface area (Å²) in [6.07, 6.45) is 6.69. The van der Waals surface area contributed by atoms with Crippen LogP contribution in [0.2, 0.25) is 0 Å². The summed E-state index contributed by atoms with van der Waals surface area (Å²) in [5.41, 5.74) is 6.35. The minimum atomic E-state index is 1.05. The number of allylic oxidation sites excluding steroid dienone is 4. The van der Waals surface area contributed by atoms with E-state index in [0.29, 0.717) is 0 Å². The highest BCUT2D eigenvalue weighted by Gasteiger charge is 2.23. The lowest BCUT2D eigenvalue weighted by atomic mass is 9.91. The first-order valence-corrected chi connectivity index (χ1v) is 5.48. The third-order valence-corrected chi connectivity index (χ3v) is 3.05. The van der Waals surface area contributed by atoms with E-state index in [0.717, 1.165) is 18.5 Å². The van der Waals surface area contributed by atoms with Crippen LogP contribution in [0.5, 0.6) is 0 Å². The van der Waals surface area contributed by atoms with Gasteiger partial charge in [-0.2, -0.15) is 0 Å². The maximum Gasteiger partial charge on any atom is 0.0741 e. The molecule has 1 aliphatic heterocycles. The highest BCUT2D eigenvalue weighted by molar-refractivity contribution is 6.36. The van der Waals surface area contributed by atoms with Gasteiger partial charge in [-0.15, -0.1) is 0 Å². The molecule has 1 heterocycles. The van der Waals surface area contributed by atoms with E-state index in [-0.39, 0.29) is 0 Å². The maximum atomic E-state index is 4.71. The van der Waals surface area contributed by atoms with E-state index >= 15 is 0 Å². The van der Waals surface area contributed by atoms with Gasteiger partial charge in [-0.1, -0.05) is 37.3 Å². The van der Waals surface area contributed by atoms with Crippen molar-refractivity contribution in [3.05, 3.63) is 47.6 Å². The van der Waals surface area contributed by atoms with Gasteiger partial charge in [-0.3, -0.25) is 0 Å². The first-order chi connectivity index (χ1) is 7.40. The molecule has 0 aromatic heterocycles. The number of nitrogens with zero attached hydrogens (tertiary/aromatic N) is 1. The van der Waals surface area contributed by atoms with Crippen LogP contribution >= 0.6 is 0 Å².